The molecule has 3 N–H and O–H groups in total. The molecule has 1 aromatic heterocycles. The largest absolute Gasteiger partial charge is 0.467 e. The number of ether oxygens (including phenoxy) is 1. The third-order valence-corrected chi connectivity index (χ3v) is 2.64. The number of nitrogens with two attached hydrogens (primary N) is 1. The minimum absolute atomic E-state index is 0.179. The Bertz CT molecular complexity index is 577. The maximum atomic E-state index is 12.0. The Kier molecular flexibility index (Phi) is 4.30. The predicted molar refractivity (Wildman–Crippen MR) is 77.4 cm³/mol. The molecule has 1 heterocycles. The summed E-state index contributed by atoms with van der Waals surface area (Å²) >= 11 is 0. The maximum absolute atomic E-state index is 12.0. The third kappa shape index (κ3) is 3.54. The molecule has 0 radical (unpaired) electrons. The SMILES string of the molecule is CC(C)OC(=O)c1cc(N)ccc1NCc1ccco1. The second kappa shape index (κ2) is 6.14. The van der Waals surface area contributed by atoms with E-state index >= 15 is 0 Å². The van der Waals surface area contributed by atoms with Crippen LogP contribution in [0.1, 0.15) is 30.0 Å². The van der Waals surface area contributed by atoms with Gasteiger partial charge in [0, 0.05) is 11.4 Å². The minimum Gasteiger partial charge on any atom is -0.467 e. The van der Waals surface area contributed by atoms with Crippen LogP contribution in [-0.4, -0.2) is 12.1 Å². The van der Waals surface area contributed by atoms with Crippen LogP contribution >= 0.6 is 0 Å². The van der Waals surface area contributed by atoms with E-state index in [-0.39, 0.29) is 6.10 Å². The number of anilines is 2. The fourth-order valence-corrected chi connectivity index (χ4v) is 1.76. The molecule has 0 saturated carbocycles. The van der Waals surface area contributed by atoms with E-state index in [9.17, 15) is 4.79 Å². The number of benzene rings is 1. The average molecular weight is 274 g/mol. The van der Waals surface area contributed by atoms with E-state index in [0.717, 1.165) is 5.76 Å². The Morgan fingerprint density at radius 2 is 2.20 bits per heavy atom. The summed E-state index contributed by atoms with van der Waals surface area (Å²) < 4.78 is 10.5. The zero-order valence-electron chi connectivity index (χ0n) is 11.6. The fourth-order valence-electron chi connectivity index (χ4n) is 1.76. The lowest BCUT2D eigenvalue weighted by Gasteiger charge is -2.13. The molecule has 106 valence electrons. The number of hydrogen-bond donors (Lipinski definition) is 2. The molecule has 0 saturated heterocycles. The lowest BCUT2D eigenvalue weighted by atomic mass is 10.1. The van der Waals surface area contributed by atoms with Gasteiger partial charge in [-0.05, 0) is 44.2 Å². The number of rotatable bonds is 5. The first-order chi connectivity index (χ1) is 9.56. The van der Waals surface area contributed by atoms with Crippen molar-refractivity contribution in [1.29, 1.82) is 0 Å². The minimum atomic E-state index is -0.394. The van der Waals surface area contributed by atoms with E-state index < -0.39 is 5.97 Å². The van der Waals surface area contributed by atoms with Gasteiger partial charge < -0.3 is 20.2 Å². The highest BCUT2D eigenvalue weighted by atomic mass is 16.5. The number of esters is 1. The summed E-state index contributed by atoms with van der Waals surface area (Å²) in [5.41, 5.74) is 7.34. The molecule has 0 atom stereocenters. The summed E-state index contributed by atoms with van der Waals surface area (Å²) in [7, 11) is 0. The first-order valence-electron chi connectivity index (χ1n) is 6.43. The van der Waals surface area contributed by atoms with Crippen LogP contribution in [0.5, 0.6) is 0 Å². The fraction of sp³-hybridized carbons (Fsp3) is 0.267. The van der Waals surface area contributed by atoms with E-state index in [1.165, 1.54) is 0 Å². The Morgan fingerprint density at radius 3 is 2.85 bits per heavy atom. The van der Waals surface area contributed by atoms with Crippen LogP contribution in [-0.2, 0) is 11.3 Å². The Morgan fingerprint density at radius 1 is 1.40 bits per heavy atom. The van der Waals surface area contributed by atoms with Gasteiger partial charge in [-0.25, -0.2) is 4.79 Å². The van der Waals surface area contributed by atoms with Crippen molar-refractivity contribution >= 4 is 17.3 Å². The molecule has 0 aliphatic heterocycles. The summed E-state index contributed by atoms with van der Waals surface area (Å²) in [6.45, 7) is 4.10. The number of carbonyl (C=O) groups excluding carboxylic acids is 1. The molecule has 1 aromatic carbocycles. The molecule has 0 spiro atoms. The standard InChI is InChI=1S/C15H18N2O3/c1-10(2)20-15(18)13-8-11(16)5-6-14(13)17-9-12-4-3-7-19-12/h3-8,10,17H,9,16H2,1-2H3. The highest BCUT2D eigenvalue weighted by Gasteiger charge is 2.15. The second-order valence-corrected chi connectivity index (χ2v) is 4.69. The molecule has 0 bridgehead atoms. The molecule has 2 rings (SSSR count). The van der Waals surface area contributed by atoms with Crippen LogP contribution in [0.4, 0.5) is 11.4 Å². The van der Waals surface area contributed by atoms with Gasteiger partial charge in [-0.3, -0.25) is 0 Å². The monoisotopic (exact) mass is 274 g/mol. The van der Waals surface area contributed by atoms with E-state index in [1.54, 1.807) is 38.3 Å². The van der Waals surface area contributed by atoms with Crippen molar-refractivity contribution in [3.8, 4) is 0 Å². The average Bonchev–Trinajstić information content (AvgIpc) is 2.89. The van der Waals surface area contributed by atoms with Gasteiger partial charge in [0.15, 0.2) is 0 Å². The summed E-state index contributed by atoms with van der Waals surface area (Å²) in [6, 6.07) is 8.77. The van der Waals surface area contributed by atoms with Gasteiger partial charge in [0.1, 0.15) is 5.76 Å². The highest BCUT2D eigenvalue weighted by Crippen LogP contribution is 2.21. The van der Waals surface area contributed by atoms with Crippen LogP contribution in [0, 0.1) is 0 Å². The van der Waals surface area contributed by atoms with E-state index in [2.05, 4.69) is 5.32 Å². The normalized spacial score (nSPS) is 10.6. The van der Waals surface area contributed by atoms with Crippen molar-refractivity contribution in [2.75, 3.05) is 11.1 Å². The third-order valence-electron chi connectivity index (χ3n) is 2.64. The van der Waals surface area contributed by atoms with Crippen LogP contribution in [0.3, 0.4) is 0 Å². The zero-order chi connectivity index (χ0) is 14.5. The summed E-state index contributed by atoms with van der Waals surface area (Å²) in [4.78, 5) is 12.0. The number of hydrogen-bond acceptors (Lipinski definition) is 5. The van der Waals surface area contributed by atoms with Crippen molar-refractivity contribution in [2.24, 2.45) is 0 Å². The van der Waals surface area contributed by atoms with Gasteiger partial charge in [-0.15, -0.1) is 0 Å². The molecule has 5 heteroatoms. The highest BCUT2D eigenvalue weighted by molar-refractivity contribution is 5.96. The van der Waals surface area contributed by atoms with Crippen molar-refractivity contribution in [1.82, 2.24) is 0 Å². The molecular weight excluding hydrogens is 256 g/mol. The molecule has 0 amide bonds. The van der Waals surface area contributed by atoms with Gasteiger partial charge in [0.2, 0.25) is 0 Å². The van der Waals surface area contributed by atoms with Crippen LogP contribution in [0.25, 0.3) is 0 Å². The van der Waals surface area contributed by atoms with Gasteiger partial charge >= 0.3 is 5.97 Å². The molecule has 5 nitrogen and oxygen atoms in total. The number of carbonyl (C=O) groups is 1. The Hall–Kier alpha value is -2.43. The van der Waals surface area contributed by atoms with E-state index in [4.69, 9.17) is 14.9 Å². The first kappa shape index (κ1) is 14.0. The summed E-state index contributed by atoms with van der Waals surface area (Å²) in [5.74, 6) is 0.388. The number of nitrogen functional groups attached to an aromatic ring is 1. The molecule has 0 fully saturated rings. The van der Waals surface area contributed by atoms with E-state index in [1.807, 2.05) is 12.1 Å². The smallest absolute Gasteiger partial charge is 0.340 e. The zero-order valence-corrected chi connectivity index (χ0v) is 11.6. The topological polar surface area (TPSA) is 77.5 Å². The van der Waals surface area contributed by atoms with Crippen molar-refractivity contribution in [3.05, 3.63) is 47.9 Å². The maximum Gasteiger partial charge on any atom is 0.340 e. The van der Waals surface area contributed by atoms with Crippen molar-refractivity contribution < 1.29 is 13.9 Å². The van der Waals surface area contributed by atoms with Crippen LogP contribution in [0.15, 0.2) is 41.0 Å². The molecule has 0 unspecified atom stereocenters. The van der Waals surface area contributed by atoms with Gasteiger partial charge in [0.05, 0.1) is 24.5 Å². The first-order valence-corrected chi connectivity index (χ1v) is 6.43. The molecule has 0 aliphatic carbocycles. The van der Waals surface area contributed by atoms with Crippen LogP contribution < -0.4 is 11.1 Å². The Labute approximate surface area is 117 Å². The number of furan rings is 1. The number of nitrogens with one attached hydrogen (secondary N) is 1. The second-order valence-electron chi connectivity index (χ2n) is 4.69. The lowest BCUT2D eigenvalue weighted by molar-refractivity contribution is 0.0379. The van der Waals surface area contributed by atoms with Crippen molar-refractivity contribution in [3.63, 3.8) is 0 Å². The van der Waals surface area contributed by atoms with Crippen LogP contribution in [0.2, 0.25) is 0 Å². The molecule has 2 aromatic rings. The van der Waals surface area contributed by atoms with E-state index in [0.29, 0.717) is 23.5 Å². The molecular formula is C15H18N2O3. The summed E-state index contributed by atoms with van der Waals surface area (Å²) in [5, 5.41) is 3.15. The summed E-state index contributed by atoms with van der Waals surface area (Å²) in [6.07, 6.45) is 1.43. The lowest BCUT2D eigenvalue weighted by Crippen LogP contribution is -2.14. The van der Waals surface area contributed by atoms with Gasteiger partial charge in [0.25, 0.3) is 0 Å². The predicted octanol–water partition coefficient (Wildman–Crippen LogP) is 3.04. The van der Waals surface area contributed by atoms with Gasteiger partial charge in [-0.1, -0.05) is 0 Å². The Balaban J connectivity index is 2.16. The van der Waals surface area contributed by atoms with Crippen molar-refractivity contribution in [2.45, 2.75) is 26.5 Å². The molecule has 0 aliphatic rings. The van der Waals surface area contributed by atoms with Gasteiger partial charge in [-0.2, -0.15) is 0 Å². The quantitative estimate of drug-likeness (QED) is 0.647. The molecule has 20 heavy (non-hydrogen) atoms.